The molecule has 0 amide bonds. The summed E-state index contributed by atoms with van der Waals surface area (Å²) in [6.45, 7) is 0. The van der Waals surface area contributed by atoms with Crippen LogP contribution in [0.15, 0.2) is 22.6 Å². The van der Waals surface area contributed by atoms with Gasteiger partial charge < -0.3 is 9.52 Å². The molecule has 0 atom stereocenters. The van der Waals surface area contributed by atoms with Crippen LogP contribution in [0.25, 0.3) is 11.5 Å². The molecule has 0 aliphatic carbocycles. The topological polar surface area (TPSA) is 119 Å². The van der Waals surface area contributed by atoms with E-state index in [1.165, 1.54) is 18.2 Å². The van der Waals surface area contributed by atoms with Crippen LogP contribution in [-0.4, -0.2) is 26.2 Å². The van der Waals surface area contributed by atoms with Crippen molar-refractivity contribution in [3.63, 3.8) is 0 Å². The molecule has 0 fully saturated rings. The molecule has 1 aromatic carbocycles. The van der Waals surface area contributed by atoms with Crippen molar-refractivity contribution in [2.75, 3.05) is 0 Å². The van der Waals surface area contributed by atoms with Crippen LogP contribution in [0.5, 0.6) is 0 Å². The molecule has 0 aliphatic heterocycles. The molecule has 2 aromatic rings. The van der Waals surface area contributed by atoms with Gasteiger partial charge in [-0.1, -0.05) is 17.7 Å². The number of nitro benzene ring substituents is 1. The van der Waals surface area contributed by atoms with Gasteiger partial charge >= 0.3 is 11.9 Å². The van der Waals surface area contributed by atoms with Crippen LogP contribution in [0.4, 0.5) is 5.69 Å². The number of carboxylic acids is 1. The minimum atomic E-state index is -1.43. The monoisotopic (exact) mass is 269 g/mol. The number of carbonyl (C=O) groups is 1. The number of aromatic nitrogens is 2. The summed E-state index contributed by atoms with van der Waals surface area (Å²) in [7, 11) is 0. The van der Waals surface area contributed by atoms with Crippen LogP contribution in [0.3, 0.4) is 0 Å². The average Bonchev–Trinajstić information content (AvgIpc) is 2.77. The summed E-state index contributed by atoms with van der Waals surface area (Å²) in [5.74, 6) is -2.41. The van der Waals surface area contributed by atoms with Gasteiger partial charge in [0, 0.05) is 6.07 Å². The Morgan fingerprint density at radius 2 is 2.17 bits per heavy atom. The quantitative estimate of drug-likeness (QED) is 0.668. The number of nitro groups is 1. The van der Waals surface area contributed by atoms with Gasteiger partial charge in [-0.15, -0.1) is 10.2 Å². The first-order valence-electron chi connectivity index (χ1n) is 4.50. The summed E-state index contributed by atoms with van der Waals surface area (Å²) >= 11 is 5.82. The first kappa shape index (κ1) is 12.0. The van der Waals surface area contributed by atoms with Gasteiger partial charge in [-0.05, 0) is 6.07 Å². The Hall–Kier alpha value is -2.48. The highest BCUT2D eigenvalue weighted by Gasteiger charge is 2.24. The second-order valence-corrected chi connectivity index (χ2v) is 3.52. The van der Waals surface area contributed by atoms with Crippen molar-refractivity contribution < 1.29 is 19.2 Å². The number of benzene rings is 1. The third kappa shape index (κ3) is 2.00. The molecule has 18 heavy (non-hydrogen) atoms. The van der Waals surface area contributed by atoms with Gasteiger partial charge in [0.2, 0.25) is 0 Å². The third-order valence-electron chi connectivity index (χ3n) is 2.01. The van der Waals surface area contributed by atoms with Gasteiger partial charge in [-0.3, -0.25) is 10.1 Å². The molecular formula is C9H4ClN3O5. The lowest BCUT2D eigenvalue weighted by Crippen LogP contribution is -1.95. The van der Waals surface area contributed by atoms with E-state index in [-0.39, 0.29) is 22.2 Å². The maximum atomic E-state index is 10.8. The molecule has 0 saturated carbocycles. The lowest BCUT2D eigenvalue weighted by atomic mass is 10.2. The molecule has 0 bridgehead atoms. The van der Waals surface area contributed by atoms with Crippen molar-refractivity contribution in [1.29, 1.82) is 0 Å². The van der Waals surface area contributed by atoms with Crippen molar-refractivity contribution in [1.82, 2.24) is 10.2 Å². The van der Waals surface area contributed by atoms with Crippen LogP contribution in [0, 0.1) is 10.1 Å². The first-order valence-corrected chi connectivity index (χ1v) is 4.88. The van der Waals surface area contributed by atoms with Crippen molar-refractivity contribution in [2.24, 2.45) is 0 Å². The summed E-state index contributed by atoms with van der Waals surface area (Å²) in [6.07, 6.45) is 0. The van der Waals surface area contributed by atoms with E-state index in [4.69, 9.17) is 21.1 Å². The van der Waals surface area contributed by atoms with E-state index in [0.29, 0.717) is 0 Å². The van der Waals surface area contributed by atoms with E-state index >= 15 is 0 Å². The number of hydrogen-bond acceptors (Lipinski definition) is 6. The highest BCUT2D eigenvalue weighted by atomic mass is 35.5. The molecule has 0 radical (unpaired) electrons. The van der Waals surface area contributed by atoms with Gasteiger partial charge in [-0.2, -0.15) is 0 Å². The van der Waals surface area contributed by atoms with Gasteiger partial charge in [0.05, 0.1) is 9.95 Å². The van der Waals surface area contributed by atoms with Gasteiger partial charge in [0.25, 0.3) is 11.6 Å². The van der Waals surface area contributed by atoms with Crippen LogP contribution in [-0.2, 0) is 0 Å². The number of rotatable bonds is 3. The van der Waals surface area contributed by atoms with Crippen molar-refractivity contribution in [3.05, 3.63) is 39.2 Å². The van der Waals surface area contributed by atoms with Gasteiger partial charge in [0.1, 0.15) is 5.56 Å². The van der Waals surface area contributed by atoms with Crippen LogP contribution < -0.4 is 0 Å². The molecule has 92 valence electrons. The Labute approximate surface area is 104 Å². The van der Waals surface area contributed by atoms with Crippen LogP contribution in [0.1, 0.15) is 10.7 Å². The zero-order valence-electron chi connectivity index (χ0n) is 8.53. The van der Waals surface area contributed by atoms with E-state index < -0.39 is 16.8 Å². The summed E-state index contributed by atoms with van der Waals surface area (Å²) in [4.78, 5) is 20.7. The normalized spacial score (nSPS) is 10.3. The first-order chi connectivity index (χ1) is 8.50. The zero-order valence-corrected chi connectivity index (χ0v) is 9.29. The average molecular weight is 270 g/mol. The Morgan fingerprint density at radius 1 is 1.44 bits per heavy atom. The van der Waals surface area contributed by atoms with Crippen LogP contribution >= 0.6 is 11.6 Å². The molecule has 0 aliphatic rings. The third-order valence-corrected chi connectivity index (χ3v) is 2.33. The maximum Gasteiger partial charge on any atom is 0.393 e. The Kier molecular flexibility index (Phi) is 2.94. The number of hydrogen-bond donors (Lipinski definition) is 1. The SMILES string of the molecule is O=C(O)c1nnc(-c2c(Cl)cccc2[N+](=O)[O-])o1. The molecule has 2 rings (SSSR count). The second kappa shape index (κ2) is 4.41. The molecule has 8 nitrogen and oxygen atoms in total. The summed E-state index contributed by atoms with van der Waals surface area (Å²) in [5, 5.41) is 26.1. The smallest absolute Gasteiger partial charge is 0.393 e. The van der Waals surface area contributed by atoms with Crippen molar-refractivity contribution in [2.45, 2.75) is 0 Å². The number of carboxylic acid groups (broad SMARTS) is 1. The predicted molar refractivity (Wildman–Crippen MR) is 58.4 cm³/mol. The fourth-order valence-corrected chi connectivity index (χ4v) is 1.54. The summed E-state index contributed by atoms with van der Waals surface area (Å²) < 4.78 is 4.79. The minimum absolute atomic E-state index is 0.0183. The number of halogens is 1. The Bertz CT molecular complexity index is 639. The standard InChI is InChI=1S/C9H4ClN3O5/c10-4-2-1-3-5(13(16)17)6(4)7-11-12-8(18-7)9(14)15/h1-3H,(H,14,15). The van der Waals surface area contributed by atoms with E-state index in [9.17, 15) is 14.9 Å². The molecule has 1 aromatic heterocycles. The van der Waals surface area contributed by atoms with Crippen molar-refractivity contribution >= 4 is 23.3 Å². The molecule has 0 unspecified atom stereocenters. The zero-order chi connectivity index (χ0) is 13.3. The molecule has 1 heterocycles. The summed E-state index contributed by atoms with van der Waals surface area (Å²) in [6, 6.07) is 3.98. The molecule has 1 N–H and O–H groups in total. The predicted octanol–water partition coefficient (Wildman–Crippen LogP) is 2.00. The van der Waals surface area contributed by atoms with E-state index in [2.05, 4.69) is 10.2 Å². The lowest BCUT2D eigenvalue weighted by molar-refractivity contribution is -0.384. The van der Waals surface area contributed by atoms with Gasteiger partial charge in [-0.25, -0.2) is 4.79 Å². The highest BCUT2D eigenvalue weighted by molar-refractivity contribution is 6.33. The highest BCUT2D eigenvalue weighted by Crippen LogP contribution is 2.35. The van der Waals surface area contributed by atoms with E-state index in [0.717, 1.165) is 0 Å². The van der Waals surface area contributed by atoms with Crippen LogP contribution in [0.2, 0.25) is 5.02 Å². The van der Waals surface area contributed by atoms with E-state index in [1.807, 2.05) is 0 Å². The lowest BCUT2D eigenvalue weighted by Gasteiger charge is -1.99. The van der Waals surface area contributed by atoms with Gasteiger partial charge in [0.15, 0.2) is 0 Å². The Morgan fingerprint density at radius 3 is 2.72 bits per heavy atom. The fourth-order valence-electron chi connectivity index (χ4n) is 1.29. The van der Waals surface area contributed by atoms with E-state index in [1.54, 1.807) is 0 Å². The molecule has 0 saturated heterocycles. The molecule has 9 heteroatoms. The summed E-state index contributed by atoms with van der Waals surface area (Å²) in [5.41, 5.74) is -0.452. The largest absolute Gasteiger partial charge is 0.474 e. The maximum absolute atomic E-state index is 10.8. The Balaban J connectivity index is 2.62. The second-order valence-electron chi connectivity index (χ2n) is 3.11. The van der Waals surface area contributed by atoms with Crippen molar-refractivity contribution in [3.8, 4) is 11.5 Å². The fraction of sp³-hybridized carbons (Fsp3) is 0. The number of aromatic carboxylic acids is 1. The molecular weight excluding hydrogens is 266 g/mol. The minimum Gasteiger partial charge on any atom is -0.474 e. The number of nitrogens with zero attached hydrogens (tertiary/aromatic N) is 3. The molecule has 0 spiro atoms.